The number of phenols is 1. The standard InChI is InChI=1S/C17H22N4O2/c1-12(17-18-16(19-23-17)13-2-3-13)20-8-10-21(11-9-20)14-4-6-15(22)7-5-14/h4-7,12-13,22H,2-3,8-11H2,1H3. The van der Waals surface area contributed by atoms with Crippen molar-refractivity contribution in [2.24, 2.45) is 0 Å². The molecule has 2 fully saturated rings. The van der Waals surface area contributed by atoms with E-state index in [2.05, 4.69) is 26.9 Å². The Labute approximate surface area is 135 Å². The minimum Gasteiger partial charge on any atom is -0.508 e. The largest absolute Gasteiger partial charge is 0.508 e. The fraction of sp³-hybridized carbons (Fsp3) is 0.529. The van der Waals surface area contributed by atoms with Gasteiger partial charge in [0.15, 0.2) is 5.82 Å². The highest BCUT2D eigenvalue weighted by atomic mass is 16.5. The summed E-state index contributed by atoms with van der Waals surface area (Å²) in [7, 11) is 0. The van der Waals surface area contributed by atoms with Crippen LogP contribution in [0.2, 0.25) is 0 Å². The molecule has 1 aromatic heterocycles. The molecule has 1 aliphatic heterocycles. The molecule has 0 spiro atoms. The second kappa shape index (κ2) is 5.85. The molecule has 4 rings (SSSR count). The number of nitrogens with zero attached hydrogens (tertiary/aromatic N) is 4. The number of anilines is 1. The number of benzene rings is 1. The Bertz CT molecular complexity index is 657. The molecule has 2 heterocycles. The minimum absolute atomic E-state index is 0.164. The van der Waals surface area contributed by atoms with Crippen molar-refractivity contribution in [2.75, 3.05) is 31.1 Å². The smallest absolute Gasteiger partial charge is 0.243 e. The first-order chi connectivity index (χ1) is 11.2. The molecule has 6 heteroatoms. The maximum atomic E-state index is 9.39. The maximum absolute atomic E-state index is 9.39. The van der Waals surface area contributed by atoms with Gasteiger partial charge in [0, 0.05) is 37.8 Å². The molecule has 122 valence electrons. The normalized spacial score (nSPS) is 20.7. The summed E-state index contributed by atoms with van der Waals surface area (Å²) in [6.45, 7) is 5.98. The predicted octanol–water partition coefficient (Wildman–Crippen LogP) is 2.54. The summed E-state index contributed by atoms with van der Waals surface area (Å²) in [4.78, 5) is 9.30. The van der Waals surface area contributed by atoms with E-state index in [0.29, 0.717) is 11.7 Å². The van der Waals surface area contributed by atoms with E-state index < -0.39 is 0 Å². The van der Waals surface area contributed by atoms with E-state index >= 15 is 0 Å². The molecule has 1 aliphatic carbocycles. The van der Waals surface area contributed by atoms with Gasteiger partial charge in [-0.3, -0.25) is 4.90 Å². The van der Waals surface area contributed by atoms with Crippen LogP contribution in [-0.4, -0.2) is 46.3 Å². The quantitative estimate of drug-likeness (QED) is 0.935. The van der Waals surface area contributed by atoms with Gasteiger partial charge in [-0.1, -0.05) is 5.16 Å². The molecule has 1 saturated carbocycles. The Kier molecular flexibility index (Phi) is 3.69. The lowest BCUT2D eigenvalue weighted by molar-refractivity contribution is 0.164. The maximum Gasteiger partial charge on any atom is 0.243 e. The first-order valence-electron chi connectivity index (χ1n) is 8.32. The van der Waals surface area contributed by atoms with Gasteiger partial charge in [0.1, 0.15) is 5.75 Å². The number of aromatic nitrogens is 2. The first-order valence-corrected chi connectivity index (χ1v) is 8.32. The lowest BCUT2D eigenvalue weighted by atomic mass is 10.2. The van der Waals surface area contributed by atoms with Crippen LogP contribution in [0.3, 0.4) is 0 Å². The second-order valence-corrected chi connectivity index (χ2v) is 6.48. The number of hydrogen-bond donors (Lipinski definition) is 1. The predicted molar refractivity (Wildman–Crippen MR) is 86.6 cm³/mol. The molecule has 1 atom stereocenters. The number of aromatic hydroxyl groups is 1. The third kappa shape index (κ3) is 3.03. The first kappa shape index (κ1) is 14.5. The monoisotopic (exact) mass is 314 g/mol. The molecule has 0 amide bonds. The summed E-state index contributed by atoms with van der Waals surface area (Å²) < 4.78 is 5.46. The van der Waals surface area contributed by atoms with Gasteiger partial charge in [-0.05, 0) is 44.0 Å². The van der Waals surface area contributed by atoms with Crippen LogP contribution in [0.15, 0.2) is 28.8 Å². The molecule has 1 unspecified atom stereocenters. The Hall–Kier alpha value is -2.08. The van der Waals surface area contributed by atoms with Crippen LogP contribution in [0.25, 0.3) is 0 Å². The summed E-state index contributed by atoms with van der Waals surface area (Å²) in [6, 6.07) is 7.57. The third-order valence-corrected chi connectivity index (χ3v) is 4.83. The van der Waals surface area contributed by atoms with E-state index in [4.69, 9.17) is 4.52 Å². The van der Waals surface area contributed by atoms with Gasteiger partial charge in [-0.25, -0.2) is 0 Å². The van der Waals surface area contributed by atoms with Crippen molar-refractivity contribution in [3.05, 3.63) is 36.0 Å². The summed E-state index contributed by atoms with van der Waals surface area (Å²) >= 11 is 0. The molecule has 1 saturated heterocycles. The number of piperazine rings is 1. The van der Waals surface area contributed by atoms with Crippen molar-refractivity contribution in [3.63, 3.8) is 0 Å². The lowest BCUT2D eigenvalue weighted by Crippen LogP contribution is -2.47. The summed E-state index contributed by atoms with van der Waals surface area (Å²) in [5, 5.41) is 13.5. The fourth-order valence-electron chi connectivity index (χ4n) is 3.11. The topological polar surface area (TPSA) is 65.6 Å². The molecule has 23 heavy (non-hydrogen) atoms. The lowest BCUT2D eigenvalue weighted by Gasteiger charge is -2.38. The Morgan fingerprint density at radius 2 is 1.83 bits per heavy atom. The highest BCUT2D eigenvalue weighted by molar-refractivity contribution is 5.49. The van der Waals surface area contributed by atoms with Crippen molar-refractivity contribution in [1.82, 2.24) is 15.0 Å². The van der Waals surface area contributed by atoms with Gasteiger partial charge in [0.25, 0.3) is 0 Å². The number of rotatable bonds is 4. The van der Waals surface area contributed by atoms with E-state index in [0.717, 1.165) is 43.6 Å². The number of hydrogen-bond acceptors (Lipinski definition) is 6. The van der Waals surface area contributed by atoms with Gasteiger partial charge in [0.2, 0.25) is 5.89 Å². The van der Waals surface area contributed by atoms with Crippen LogP contribution >= 0.6 is 0 Å². The molecule has 2 aromatic rings. The SMILES string of the molecule is CC(c1nc(C2CC2)no1)N1CCN(c2ccc(O)cc2)CC1. The molecular formula is C17H22N4O2. The second-order valence-electron chi connectivity index (χ2n) is 6.48. The average Bonchev–Trinajstić information content (AvgIpc) is 3.32. The molecule has 1 N–H and O–H groups in total. The molecular weight excluding hydrogens is 292 g/mol. The van der Waals surface area contributed by atoms with E-state index in [1.165, 1.54) is 12.8 Å². The summed E-state index contributed by atoms with van der Waals surface area (Å²) in [6.07, 6.45) is 2.39. The average molecular weight is 314 g/mol. The fourth-order valence-corrected chi connectivity index (χ4v) is 3.11. The van der Waals surface area contributed by atoms with Crippen LogP contribution < -0.4 is 4.90 Å². The zero-order chi connectivity index (χ0) is 15.8. The third-order valence-electron chi connectivity index (χ3n) is 4.83. The van der Waals surface area contributed by atoms with E-state index in [1.807, 2.05) is 12.1 Å². The Balaban J connectivity index is 1.37. The Morgan fingerprint density at radius 1 is 1.13 bits per heavy atom. The molecule has 1 aromatic carbocycles. The molecule has 2 aliphatic rings. The van der Waals surface area contributed by atoms with Crippen molar-refractivity contribution in [3.8, 4) is 5.75 Å². The zero-order valence-corrected chi connectivity index (χ0v) is 13.4. The van der Waals surface area contributed by atoms with Gasteiger partial charge in [-0.15, -0.1) is 0 Å². The van der Waals surface area contributed by atoms with Crippen molar-refractivity contribution in [2.45, 2.75) is 31.7 Å². The number of phenolic OH excluding ortho intramolecular Hbond substituents is 1. The van der Waals surface area contributed by atoms with E-state index in [1.54, 1.807) is 12.1 Å². The molecule has 0 bridgehead atoms. The van der Waals surface area contributed by atoms with Crippen LogP contribution in [0, 0.1) is 0 Å². The Morgan fingerprint density at radius 3 is 2.48 bits per heavy atom. The van der Waals surface area contributed by atoms with Crippen LogP contribution in [-0.2, 0) is 0 Å². The zero-order valence-electron chi connectivity index (χ0n) is 13.4. The van der Waals surface area contributed by atoms with Crippen molar-refractivity contribution < 1.29 is 9.63 Å². The molecule has 6 nitrogen and oxygen atoms in total. The van der Waals surface area contributed by atoms with E-state index in [-0.39, 0.29) is 6.04 Å². The minimum atomic E-state index is 0.164. The molecule has 0 radical (unpaired) electrons. The van der Waals surface area contributed by atoms with Gasteiger partial charge >= 0.3 is 0 Å². The highest BCUT2D eigenvalue weighted by Crippen LogP contribution is 2.38. The van der Waals surface area contributed by atoms with Crippen LogP contribution in [0.5, 0.6) is 5.75 Å². The van der Waals surface area contributed by atoms with Crippen molar-refractivity contribution >= 4 is 5.69 Å². The summed E-state index contributed by atoms with van der Waals surface area (Å²) in [5.74, 6) is 2.47. The van der Waals surface area contributed by atoms with E-state index in [9.17, 15) is 5.11 Å². The van der Waals surface area contributed by atoms with Gasteiger partial charge < -0.3 is 14.5 Å². The van der Waals surface area contributed by atoms with Gasteiger partial charge in [-0.2, -0.15) is 4.98 Å². The van der Waals surface area contributed by atoms with Crippen molar-refractivity contribution in [1.29, 1.82) is 0 Å². The van der Waals surface area contributed by atoms with Gasteiger partial charge in [0.05, 0.1) is 6.04 Å². The van der Waals surface area contributed by atoms with Crippen LogP contribution in [0.1, 0.15) is 43.4 Å². The van der Waals surface area contributed by atoms with Crippen LogP contribution in [0.4, 0.5) is 5.69 Å². The highest BCUT2D eigenvalue weighted by Gasteiger charge is 2.31. The summed E-state index contributed by atoms with van der Waals surface area (Å²) in [5.41, 5.74) is 1.16.